The van der Waals surface area contributed by atoms with Crippen molar-refractivity contribution < 1.29 is 25.2 Å². The minimum absolute atomic E-state index is 0.0194. The summed E-state index contributed by atoms with van der Waals surface area (Å²) in [5.74, 6) is 0.338. The third-order valence-corrected chi connectivity index (χ3v) is 3.24. The maximum absolute atomic E-state index is 10.1. The fourth-order valence-electron chi connectivity index (χ4n) is 2.17. The lowest BCUT2D eigenvalue weighted by atomic mass is 10.0. The first-order valence-electron chi connectivity index (χ1n) is 6.54. The van der Waals surface area contributed by atoms with Crippen LogP contribution in [0.15, 0.2) is 36.4 Å². The number of phenols is 3. The monoisotopic (exact) mass is 290 g/mol. The van der Waals surface area contributed by atoms with Crippen LogP contribution in [0, 0.1) is 0 Å². The van der Waals surface area contributed by atoms with Crippen LogP contribution in [0.25, 0.3) is 0 Å². The summed E-state index contributed by atoms with van der Waals surface area (Å²) in [4.78, 5) is 0. The fourth-order valence-corrected chi connectivity index (χ4v) is 2.17. The lowest BCUT2D eigenvalue weighted by Gasteiger charge is -2.13. The molecule has 4 N–H and O–H groups in total. The number of rotatable bonds is 5. The molecule has 0 aliphatic heterocycles. The summed E-state index contributed by atoms with van der Waals surface area (Å²) >= 11 is 0. The summed E-state index contributed by atoms with van der Waals surface area (Å²) < 4.78 is 5.02. The van der Waals surface area contributed by atoms with Gasteiger partial charge < -0.3 is 25.2 Å². The fraction of sp³-hybridized carbons (Fsp3) is 0.250. The molecule has 5 nitrogen and oxygen atoms in total. The molecular formula is C16H18O5. The highest BCUT2D eigenvalue weighted by Gasteiger charge is 2.12. The van der Waals surface area contributed by atoms with Crippen LogP contribution in [-0.4, -0.2) is 33.6 Å². The van der Waals surface area contributed by atoms with Gasteiger partial charge in [-0.05, 0) is 35.7 Å². The van der Waals surface area contributed by atoms with E-state index in [0.29, 0.717) is 17.7 Å². The van der Waals surface area contributed by atoms with Crippen molar-refractivity contribution in [3.05, 3.63) is 47.5 Å². The second-order valence-electron chi connectivity index (χ2n) is 4.88. The van der Waals surface area contributed by atoms with Crippen LogP contribution < -0.4 is 4.74 Å². The van der Waals surface area contributed by atoms with E-state index in [1.807, 2.05) is 0 Å². The number of aromatic hydroxyl groups is 3. The molecule has 0 saturated carbocycles. The molecule has 21 heavy (non-hydrogen) atoms. The van der Waals surface area contributed by atoms with Gasteiger partial charge in [-0.25, -0.2) is 0 Å². The van der Waals surface area contributed by atoms with E-state index in [1.54, 1.807) is 18.2 Å². The highest BCUT2D eigenvalue weighted by atomic mass is 16.5. The van der Waals surface area contributed by atoms with Crippen molar-refractivity contribution in [2.75, 3.05) is 7.11 Å². The van der Waals surface area contributed by atoms with Crippen molar-refractivity contribution in [3.63, 3.8) is 0 Å². The van der Waals surface area contributed by atoms with E-state index in [4.69, 9.17) is 4.74 Å². The first-order valence-corrected chi connectivity index (χ1v) is 6.54. The van der Waals surface area contributed by atoms with Crippen LogP contribution in [0.4, 0.5) is 0 Å². The largest absolute Gasteiger partial charge is 0.508 e. The molecule has 2 rings (SSSR count). The molecule has 1 atom stereocenters. The van der Waals surface area contributed by atoms with Gasteiger partial charge in [0.1, 0.15) is 11.5 Å². The smallest absolute Gasteiger partial charge is 0.160 e. The Morgan fingerprint density at radius 2 is 1.71 bits per heavy atom. The van der Waals surface area contributed by atoms with Gasteiger partial charge in [-0.3, -0.25) is 0 Å². The molecule has 2 aromatic rings. The zero-order chi connectivity index (χ0) is 15.4. The average molecular weight is 290 g/mol. The molecule has 1 unspecified atom stereocenters. The summed E-state index contributed by atoms with van der Waals surface area (Å²) in [6, 6.07) is 9.16. The van der Waals surface area contributed by atoms with Gasteiger partial charge in [0.15, 0.2) is 11.5 Å². The zero-order valence-electron chi connectivity index (χ0n) is 11.7. The Morgan fingerprint density at radius 1 is 0.952 bits per heavy atom. The molecule has 0 saturated heterocycles. The number of hydrogen-bond donors (Lipinski definition) is 4. The van der Waals surface area contributed by atoms with Crippen molar-refractivity contribution in [2.45, 2.75) is 18.9 Å². The second-order valence-corrected chi connectivity index (χ2v) is 4.88. The third-order valence-electron chi connectivity index (χ3n) is 3.24. The van der Waals surface area contributed by atoms with Crippen LogP contribution in [0.2, 0.25) is 0 Å². The van der Waals surface area contributed by atoms with Crippen molar-refractivity contribution in [3.8, 4) is 23.0 Å². The summed E-state index contributed by atoms with van der Waals surface area (Å²) in [7, 11) is 1.46. The highest BCUT2D eigenvalue weighted by molar-refractivity contribution is 5.42. The number of aliphatic hydroxyl groups is 1. The topological polar surface area (TPSA) is 90.2 Å². The van der Waals surface area contributed by atoms with Gasteiger partial charge in [0.2, 0.25) is 0 Å². The third kappa shape index (κ3) is 3.79. The number of phenolic OH excluding ortho intramolecular Hbond substituents is 3. The van der Waals surface area contributed by atoms with Crippen LogP contribution in [0.5, 0.6) is 23.0 Å². The van der Waals surface area contributed by atoms with E-state index >= 15 is 0 Å². The molecular weight excluding hydrogens is 272 g/mol. The number of aliphatic hydroxyl groups excluding tert-OH is 1. The van der Waals surface area contributed by atoms with Crippen molar-refractivity contribution >= 4 is 0 Å². The van der Waals surface area contributed by atoms with Gasteiger partial charge in [-0.1, -0.05) is 12.1 Å². The lowest BCUT2D eigenvalue weighted by Crippen LogP contribution is -2.14. The van der Waals surface area contributed by atoms with Gasteiger partial charge in [-0.2, -0.15) is 0 Å². The maximum Gasteiger partial charge on any atom is 0.160 e. The molecule has 0 heterocycles. The number of benzene rings is 2. The number of hydrogen-bond acceptors (Lipinski definition) is 5. The van der Waals surface area contributed by atoms with Crippen molar-refractivity contribution in [1.82, 2.24) is 0 Å². The van der Waals surface area contributed by atoms with Crippen molar-refractivity contribution in [2.24, 2.45) is 0 Å². The summed E-state index contributed by atoms with van der Waals surface area (Å²) in [5, 5.41) is 38.6. The number of ether oxygens (including phenoxy) is 1. The molecule has 0 radical (unpaired) electrons. The Kier molecular flexibility index (Phi) is 4.55. The van der Waals surface area contributed by atoms with Crippen LogP contribution in [0.1, 0.15) is 11.1 Å². The first-order chi connectivity index (χ1) is 9.99. The molecule has 5 heteroatoms. The zero-order valence-corrected chi connectivity index (χ0v) is 11.7. The average Bonchev–Trinajstić information content (AvgIpc) is 2.44. The number of methoxy groups -OCH3 is 1. The second kappa shape index (κ2) is 6.37. The summed E-state index contributed by atoms with van der Waals surface area (Å²) in [6.07, 6.45) is -0.0820. The Morgan fingerprint density at radius 3 is 2.38 bits per heavy atom. The SMILES string of the molecule is COc1cc(CC(O)Cc2ccc(O)cc2O)ccc1O. The predicted octanol–water partition coefficient (Wildman–Crippen LogP) is 1.96. The van der Waals surface area contributed by atoms with Crippen LogP contribution in [-0.2, 0) is 12.8 Å². The van der Waals surface area contributed by atoms with E-state index < -0.39 is 6.10 Å². The molecule has 0 aromatic heterocycles. The van der Waals surface area contributed by atoms with E-state index in [-0.39, 0.29) is 23.7 Å². The van der Waals surface area contributed by atoms with Crippen LogP contribution in [0.3, 0.4) is 0 Å². The standard InChI is InChI=1S/C16H18O5/c1-21-16-7-10(2-5-14(16)19)6-13(18)8-11-3-4-12(17)9-15(11)20/h2-5,7,9,13,17-20H,6,8H2,1H3. The van der Waals surface area contributed by atoms with Gasteiger partial charge in [0.25, 0.3) is 0 Å². The van der Waals surface area contributed by atoms with E-state index in [2.05, 4.69) is 0 Å². The Balaban J connectivity index is 2.06. The Hall–Kier alpha value is -2.40. The first kappa shape index (κ1) is 15.0. The van der Waals surface area contributed by atoms with Gasteiger partial charge in [0.05, 0.1) is 13.2 Å². The lowest BCUT2D eigenvalue weighted by molar-refractivity contribution is 0.174. The minimum atomic E-state index is -0.699. The maximum atomic E-state index is 10.1. The quantitative estimate of drug-likeness (QED) is 0.676. The van der Waals surface area contributed by atoms with E-state index in [9.17, 15) is 20.4 Å². The molecule has 112 valence electrons. The Bertz CT molecular complexity index is 624. The van der Waals surface area contributed by atoms with Gasteiger partial charge in [-0.15, -0.1) is 0 Å². The highest BCUT2D eigenvalue weighted by Crippen LogP contribution is 2.28. The summed E-state index contributed by atoms with van der Waals surface area (Å²) in [5.41, 5.74) is 1.38. The molecule has 0 spiro atoms. The molecule has 0 amide bonds. The normalized spacial score (nSPS) is 12.1. The predicted molar refractivity (Wildman–Crippen MR) is 77.8 cm³/mol. The van der Waals surface area contributed by atoms with Crippen LogP contribution >= 0.6 is 0 Å². The van der Waals surface area contributed by atoms with E-state index in [0.717, 1.165) is 5.56 Å². The van der Waals surface area contributed by atoms with E-state index in [1.165, 1.54) is 25.3 Å². The van der Waals surface area contributed by atoms with Gasteiger partial charge in [0, 0.05) is 12.5 Å². The molecule has 0 bridgehead atoms. The molecule has 0 aliphatic rings. The van der Waals surface area contributed by atoms with Gasteiger partial charge >= 0.3 is 0 Å². The Labute approximate surface area is 122 Å². The molecule has 0 fully saturated rings. The molecule has 2 aromatic carbocycles. The molecule has 0 aliphatic carbocycles. The van der Waals surface area contributed by atoms with Crippen molar-refractivity contribution in [1.29, 1.82) is 0 Å². The summed E-state index contributed by atoms with van der Waals surface area (Å²) in [6.45, 7) is 0. The minimum Gasteiger partial charge on any atom is -0.508 e.